The highest BCUT2D eigenvalue weighted by atomic mass is 35.5. The molecule has 3 N–H and O–H groups in total. The average molecular weight is 548 g/mol. The summed E-state index contributed by atoms with van der Waals surface area (Å²) in [5.74, 6) is -2.41. The monoisotopic (exact) mass is 547 g/mol. The van der Waals surface area contributed by atoms with Crippen LogP contribution < -0.4 is 20.7 Å². The molecule has 186 valence electrons. The minimum absolute atomic E-state index is 0.149. The number of carbonyl (C=O) groups excluding carboxylic acids is 3. The SMILES string of the molecule is CO/N=C(\C(=O)N[C@@H]1C(=O)N2C(C(=O)[O-])=C(C[n+]3ccn4c(Cl)cccc43)CS[C@@H]12)c1csc(N)n1. The number of anilines is 1. The number of nitrogens with one attached hydrogen (secondary N) is 1. The molecule has 36 heavy (non-hydrogen) atoms. The second-order valence-corrected chi connectivity index (χ2v) is 10.2. The predicted molar refractivity (Wildman–Crippen MR) is 130 cm³/mol. The van der Waals surface area contributed by atoms with Crippen molar-refractivity contribution in [1.29, 1.82) is 0 Å². The molecule has 2 amide bonds. The van der Waals surface area contributed by atoms with E-state index < -0.39 is 29.2 Å². The molecule has 1 saturated heterocycles. The number of β-lactam (4-membered cyclic amide) rings is 1. The molecule has 5 heterocycles. The van der Waals surface area contributed by atoms with Gasteiger partial charge in [-0.2, -0.15) is 4.40 Å². The van der Waals surface area contributed by atoms with Gasteiger partial charge in [0.2, 0.25) is 0 Å². The number of imidazole rings is 1. The van der Waals surface area contributed by atoms with Crippen LogP contribution in [0.25, 0.3) is 5.65 Å². The number of halogens is 1. The highest BCUT2D eigenvalue weighted by Crippen LogP contribution is 2.40. The highest BCUT2D eigenvalue weighted by molar-refractivity contribution is 8.00. The van der Waals surface area contributed by atoms with Crippen LogP contribution in [-0.4, -0.2) is 62.1 Å². The van der Waals surface area contributed by atoms with Crippen molar-refractivity contribution in [3.05, 3.63) is 58.1 Å². The lowest BCUT2D eigenvalue weighted by Crippen LogP contribution is -2.71. The number of nitrogens with two attached hydrogens (primary N) is 1. The summed E-state index contributed by atoms with van der Waals surface area (Å²) < 4.78 is 3.59. The van der Waals surface area contributed by atoms with Gasteiger partial charge in [-0.15, -0.1) is 23.1 Å². The van der Waals surface area contributed by atoms with Crippen molar-refractivity contribution in [2.24, 2.45) is 5.16 Å². The average Bonchev–Trinajstić information content (AvgIpc) is 3.47. The number of aliphatic carboxylic acids is 1. The molecule has 0 aliphatic carbocycles. The first-order valence-electron chi connectivity index (χ1n) is 10.5. The molecule has 12 nitrogen and oxygen atoms in total. The Labute approximate surface area is 217 Å². The van der Waals surface area contributed by atoms with Crippen LogP contribution in [0.4, 0.5) is 5.13 Å². The molecule has 3 aromatic rings. The number of nitrogen functional groups attached to an aromatic ring is 1. The zero-order chi connectivity index (χ0) is 25.6. The zero-order valence-electron chi connectivity index (χ0n) is 18.6. The molecule has 0 saturated carbocycles. The van der Waals surface area contributed by atoms with Crippen molar-refractivity contribution in [1.82, 2.24) is 19.6 Å². The van der Waals surface area contributed by atoms with Gasteiger partial charge in [-0.25, -0.2) is 9.55 Å². The van der Waals surface area contributed by atoms with E-state index >= 15 is 0 Å². The minimum Gasteiger partial charge on any atom is -0.543 e. The molecule has 2 aliphatic heterocycles. The van der Waals surface area contributed by atoms with Crippen molar-refractivity contribution in [3.8, 4) is 0 Å². The molecule has 0 aromatic carbocycles. The van der Waals surface area contributed by atoms with E-state index in [-0.39, 0.29) is 28.8 Å². The lowest BCUT2D eigenvalue weighted by atomic mass is 10.0. The Morgan fingerprint density at radius 1 is 1.44 bits per heavy atom. The Bertz CT molecular complexity index is 1470. The molecule has 0 unspecified atom stereocenters. The van der Waals surface area contributed by atoms with Crippen LogP contribution in [0.5, 0.6) is 0 Å². The standard InChI is InChI=1S/C21H18ClN7O5S2/c1-34-26-14(11-9-36-21(23)24-11)17(30)25-15-18(31)29-16(20(32)33)10(8-35-19(15)29)7-27-5-6-28-12(22)3-2-4-13(27)28/h2-6,9,15,19H,7-8H2,1H3,(H3-,23,24,25,30,32,33)/b26-14-/t15-,19+/m1/s1. The number of oxime groups is 1. The number of hydrogen-bond acceptors (Lipinski definition) is 10. The van der Waals surface area contributed by atoms with Crippen LogP contribution >= 0.6 is 34.7 Å². The van der Waals surface area contributed by atoms with Crippen LogP contribution in [0.15, 0.2) is 52.4 Å². The van der Waals surface area contributed by atoms with Crippen molar-refractivity contribution in [3.63, 3.8) is 0 Å². The van der Waals surface area contributed by atoms with Gasteiger partial charge in [-0.1, -0.05) is 5.16 Å². The maximum Gasteiger partial charge on any atom is 0.287 e. The largest absolute Gasteiger partial charge is 0.543 e. The molecule has 3 aromatic heterocycles. The van der Waals surface area contributed by atoms with E-state index in [2.05, 4.69) is 15.5 Å². The van der Waals surface area contributed by atoms with Crippen LogP contribution in [0.2, 0.25) is 5.15 Å². The normalized spacial score (nSPS) is 19.8. The van der Waals surface area contributed by atoms with Crippen LogP contribution in [0.1, 0.15) is 5.69 Å². The van der Waals surface area contributed by atoms with Gasteiger partial charge in [0.15, 0.2) is 16.0 Å². The zero-order valence-corrected chi connectivity index (χ0v) is 21.0. The summed E-state index contributed by atoms with van der Waals surface area (Å²) in [6, 6.07) is 4.42. The van der Waals surface area contributed by atoms with Gasteiger partial charge in [0.25, 0.3) is 17.5 Å². The third-order valence-corrected chi connectivity index (χ3v) is 8.02. The number of carbonyl (C=O) groups is 3. The molecule has 0 radical (unpaired) electrons. The van der Waals surface area contributed by atoms with E-state index in [1.165, 1.54) is 24.3 Å². The summed E-state index contributed by atoms with van der Waals surface area (Å²) in [5.41, 5.74) is 6.77. The number of thiazole rings is 1. The number of rotatable bonds is 7. The Kier molecular flexibility index (Phi) is 6.32. The summed E-state index contributed by atoms with van der Waals surface area (Å²) in [5, 5.41) is 20.1. The highest BCUT2D eigenvalue weighted by Gasteiger charge is 2.53. The van der Waals surface area contributed by atoms with E-state index in [0.717, 1.165) is 21.9 Å². The number of carboxylic acids is 1. The van der Waals surface area contributed by atoms with E-state index in [1.54, 1.807) is 28.9 Å². The second kappa shape index (κ2) is 9.44. The lowest BCUT2D eigenvalue weighted by Gasteiger charge is -2.50. The van der Waals surface area contributed by atoms with Crippen LogP contribution in [0, 0.1) is 0 Å². The van der Waals surface area contributed by atoms with Gasteiger partial charge in [-0.3, -0.25) is 14.5 Å². The Hall–Kier alpha value is -3.62. The molecule has 1 fully saturated rings. The molecule has 15 heteroatoms. The second-order valence-electron chi connectivity index (χ2n) is 7.80. The molecule has 5 rings (SSSR count). The van der Waals surface area contributed by atoms with Gasteiger partial charge in [0.05, 0.1) is 11.7 Å². The fourth-order valence-electron chi connectivity index (χ4n) is 4.12. The molecule has 2 aliphatic rings. The lowest BCUT2D eigenvalue weighted by molar-refractivity contribution is -0.662. The van der Waals surface area contributed by atoms with Gasteiger partial charge < -0.3 is 25.8 Å². The summed E-state index contributed by atoms with van der Waals surface area (Å²) in [6.45, 7) is 0.219. The molecule has 2 atom stereocenters. The van der Waals surface area contributed by atoms with Gasteiger partial charge in [-0.05, 0) is 23.7 Å². The molecule has 0 spiro atoms. The van der Waals surface area contributed by atoms with Crippen molar-refractivity contribution in [2.75, 3.05) is 18.6 Å². The molecular weight excluding hydrogens is 530 g/mol. The Morgan fingerprint density at radius 3 is 2.94 bits per heavy atom. The first kappa shape index (κ1) is 24.1. The fraction of sp³-hybridized carbons (Fsp3) is 0.238. The maximum atomic E-state index is 13.0. The van der Waals surface area contributed by atoms with Gasteiger partial charge >= 0.3 is 0 Å². The predicted octanol–water partition coefficient (Wildman–Crippen LogP) is -0.626. The van der Waals surface area contributed by atoms with E-state index in [9.17, 15) is 19.5 Å². The Balaban J connectivity index is 1.38. The number of carboxylic acid groups (broad SMARTS) is 1. The maximum absolute atomic E-state index is 13.0. The topological polar surface area (TPSA) is 158 Å². The first-order chi connectivity index (χ1) is 17.3. The third kappa shape index (κ3) is 4.06. The summed E-state index contributed by atoms with van der Waals surface area (Å²) >= 11 is 8.68. The van der Waals surface area contributed by atoms with Crippen LogP contribution in [0.3, 0.4) is 0 Å². The summed E-state index contributed by atoms with van der Waals surface area (Å²) in [7, 11) is 1.27. The number of pyridine rings is 1. The van der Waals surface area contributed by atoms with Gasteiger partial charge in [0, 0.05) is 22.8 Å². The smallest absolute Gasteiger partial charge is 0.287 e. The summed E-state index contributed by atoms with van der Waals surface area (Å²) in [4.78, 5) is 47.9. The Morgan fingerprint density at radius 2 is 2.25 bits per heavy atom. The quantitative estimate of drug-likeness (QED) is 0.130. The fourth-order valence-corrected chi connectivity index (χ4v) is 6.22. The number of amides is 2. The molecular formula is C21H18ClN7O5S2. The van der Waals surface area contributed by atoms with E-state index in [1.807, 2.05) is 10.6 Å². The number of aromatic nitrogens is 3. The minimum atomic E-state index is -1.46. The summed E-state index contributed by atoms with van der Waals surface area (Å²) in [6.07, 6.45) is 3.55. The van der Waals surface area contributed by atoms with E-state index in [0.29, 0.717) is 16.5 Å². The third-order valence-electron chi connectivity index (χ3n) is 5.70. The number of fused-ring (bicyclic) bond motifs is 2. The number of nitrogens with zero attached hydrogens (tertiary/aromatic N) is 5. The van der Waals surface area contributed by atoms with Crippen molar-refractivity contribution >= 4 is 69.0 Å². The first-order valence-corrected chi connectivity index (χ1v) is 12.8. The van der Waals surface area contributed by atoms with Crippen molar-refractivity contribution in [2.45, 2.75) is 18.0 Å². The van der Waals surface area contributed by atoms with E-state index in [4.69, 9.17) is 22.2 Å². The van der Waals surface area contributed by atoms with Gasteiger partial charge in [0.1, 0.15) is 43.2 Å². The number of hydrogen-bond donors (Lipinski definition) is 2. The molecule has 0 bridgehead atoms. The van der Waals surface area contributed by atoms with Crippen LogP contribution in [-0.2, 0) is 25.8 Å². The number of thioether (sulfide) groups is 1. The van der Waals surface area contributed by atoms with Crippen molar-refractivity contribution < 1.29 is 28.9 Å².